The molecule has 0 saturated heterocycles. The van der Waals surface area contributed by atoms with Crippen LogP contribution in [0.3, 0.4) is 0 Å². The molecule has 0 saturated carbocycles. The smallest absolute Gasteiger partial charge is 0.163 e. The largest absolute Gasteiger partial charge is 0.233 e. The Hall–Kier alpha value is -0.740. The highest BCUT2D eigenvalue weighted by molar-refractivity contribution is 9.10. The van der Waals surface area contributed by atoms with Crippen LogP contribution < -0.4 is 0 Å². The summed E-state index contributed by atoms with van der Waals surface area (Å²) < 4.78 is 13.8. The average molecular weight is 261 g/mol. The quantitative estimate of drug-likeness (QED) is 0.681. The van der Waals surface area contributed by atoms with Crippen LogP contribution in [0.2, 0.25) is 5.15 Å². The minimum absolute atomic E-state index is 0.231. The predicted molar refractivity (Wildman–Crippen MR) is 52.2 cm³/mol. The monoisotopic (exact) mass is 260 g/mol. The zero-order chi connectivity index (χ0) is 9.42. The second-order valence-corrected chi connectivity index (χ2v) is 3.63. The molecule has 2 aromatic rings. The number of aromatic nitrogens is 2. The Labute approximate surface area is 86.9 Å². The molecule has 0 N–H and O–H groups in total. The van der Waals surface area contributed by atoms with E-state index in [2.05, 4.69) is 25.9 Å². The SMILES string of the molecule is Fc1c(Br)ccc2c(Cl)ncnc12. The molecular formula is C8H3BrClFN2. The number of halogens is 3. The van der Waals surface area contributed by atoms with Gasteiger partial charge in [-0.1, -0.05) is 11.6 Å². The van der Waals surface area contributed by atoms with Crippen LogP contribution in [0.1, 0.15) is 0 Å². The van der Waals surface area contributed by atoms with Crippen molar-refractivity contribution in [3.8, 4) is 0 Å². The lowest BCUT2D eigenvalue weighted by atomic mass is 10.2. The van der Waals surface area contributed by atoms with Crippen LogP contribution in [-0.2, 0) is 0 Å². The van der Waals surface area contributed by atoms with Crippen molar-refractivity contribution in [3.05, 3.63) is 33.9 Å². The van der Waals surface area contributed by atoms with Gasteiger partial charge < -0.3 is 0 Å². The van der Waals surface area contributed by atoms with E-state index in [1.807, 2.05) is 0 Å². The molecule has 5 heteroatoms. The molecule has 0 unspecified atom stereocenters. The number of rotatable bonds is 0. The van der Waals surface area contributed by atoms with E-state index in [0.29, 0.717) is 9.86 Å². The van der Waals surface area contributed by atoms with Crippen molar-refractivity contribution in [2.24, 2.45) is 0 Å². The van der Waals surface area contributed by atoms with Crippen LogP contribution in [0.4, 0.5) is 4.39 Å². The Kier molecular flexibility index (Phi) is 2.17. The molecule has 0 aliphatic heterocycles. The van der Waals surface area contributed by atoms with Crippen molar-refractivity contribution in [1.82, 2.24) is 9.97 Å². The summed E-state index contributed by atoms with van der Waals surface area (Å²) in [6.07, 6.45) is 1.24. The first-order valence-electron chi connectivity index (χ1n) is 3.44. The fourth-order valence-electron chi connectivity index (χ4n) is 1.04. The molecule has 1 heterocycles. The van der Waals surface area contributed by atoms with E-state index in [1.54, 1.807) is 12.1 Å². The zero-order valence-electron chi connectivity index (χ0n) is 6.26. The van der Waals surface area contributed by atoms with Gasteiger partial charge in [0.05, 0.1) is 4.47 Å². The van der Waals surface area contributed by atoms with E-state index in [4.69, 9.17) is 11.6 Å². The van der Waals surface area contributed by atoms with Gasteiger partial charge in [0.1, 0.15) is 17.0 Å². The summed E-state index contributed by atoms with van der Waals surface area (Å²) in [5.41, 5.74) is 0.231. The van der Waals surface area contributed by atoms with Crippen LogP contribution >= 0.6 is 27.5 Å². The van der Waals surface area contributed by atoms with E-state index < -0.39 is 5.82 Å². The molecule has 13 heavy (non-hydrogen) atoms. The summed E-state index contributed by atoms with van der Waals surface area (Å²) in [6, 6.07) is 3.25. The summed E-state index contributed by atoms with van der Waals surface area (Å²) in [5.74, 6) is -0.415. The van der Waals surface area contributed by atoms with Gasteiger partial charge in [0, 0.05) is 5.39 Å². The van der Waals surface area contributed by atoms with Gasteiger partial charge in [0.15, 0.2) is 5.82 Å². The van der Waals surface area contributed by atoms with Crippen molar-refractivity contribution >= 4 is 38.4 Å². The molecule has 0 aliphatic rings. The molecule has 2 nitrogen and oxygen atoms in total. The Morgan fingerprint density at radius 2 is 2.08 bits per heavy atom. The minimum Gasteiger partial charge on any atom is -0.233 e. The predicted octanol–water partition coefficient (Wildman–Crippen LogP) is 3.18. The number of fused-ring (bicyclic) bond motifs is 1. The number of hydrogen-bond acceptors (Lipinski definition) is 2. The van der Waals surface area contributed by atoms with Gasteiger partial charge in [-0.3, -0.25) is 0 Å². The van der Waals surface area contributed by atoms with Gasteiger partial charge in [-0.25, -0.2) is 14.4 Å². The van der Waals surface area contributed by atoms with E-state index in [9.17, 15) is 4.39 Å². The van der Waals surface area contributed by atoms with Crippen molar-refractivity contribution in [3.63, 3.8) is 0 Å². The lowest BCUT2D eigenvalue weighted by Gasteiger charge is -2.00. The van der Waals surface area contributed by atoms with Crippen LogP contribution in [0.5, 0.6) is 0 Å². The molecule has 66 valence electrons. The summed E-state index contributed by atoms with van der Waals surface area (Å²) in [4.78, 5) is 7.55. The van der Waals surface area contributed by atoms with Gasteiger partial charge in [-0.2, -0.15) is 0 Å². The third-order valence-corrected chi connectivity index (χ3v) is 2.56. The molecule has 0 atom stereocenters. The Morgan fingerprint density at radius 1 is 1.31 bits per heavy atom. The van der Waals surface area contributed by atoms with Gasteiger partial charge in [0.2, 0.25) is 0 Å². The summed E-state index contributed by atoms with van der Waals surface area (Å²) in [6.45, 7) is 0. The summed E-state index contributed by atoms with van der Waals surface area (Å²) >= 11 is 8.81. The highest BCUT2D eigenvalue weighted by atomic mass is 79.9. The van der Waals surface area contributed by atoms with Crippen LogP contribution in [0.15, 0.2) is 22.9 Å². The maximum atomic E-state index is 13.4. The third-order valence-electron chi connectivity index (χ3n) is 1.65. The lowest BCUT2D eigenvalue weighted by Crippen LogP contribution is -1.88. The molecule has 2 rings (SSSR count). The van der Waals surface area contributed by atoms with E-state index >= 15 is 0 Å². The topological polar surface area (TPSA) is 25.8 Å². The standard InChI is InChI=1S/C8H3BrClFN2/c9-5-2-1-4-7(6(5)11)12-3-13-8(4)10/h1-3H. The van der Waals surface area contributed by atoms with Gasteiger partial charge >= 0.3 is 0 Å². The highest BCUT2D eigenvalue weighted by Crippen LogP contribution is 2.26. The average Bonchev–Trinajstić information content (AvgIpc) is 2.12. The first kappa shape index (κ1) is 8.84. The number of nitrogens with zero attached hydrogens (tertiary/aromatic N) is 2. The molecule has 0 bridgehead atoms. The third kappa shape index (κ3) is 1.40. The molecule has 0 spiro atoms. The molecular weight excluding hydrogens is 258 g/mol. The van der Waals surface area contributed by atoms with E-state index in [0.717, 1.165) is 0 Å². The lowest BCUT2D eigenvalue weighted by molar-refractivity contribution is 0.630. The van der Waals surface area contributed by atoms with E-state index in [-0.39, 0.29) is 10.7 Å². The maximum Gasteiger partial charge on any atom is 0.163 e. The Bertz CT molecular complexity index is 475. The summed E-state index contributed by atoms with van der Waals surface area (Å²) in [5, 5.41) is 0.779. The summed E-state index contributed by atoms with van der Waals surface area (Å²) in [7, 11) is 0. The van der Waals surface area contributed by atoms with Crippen molar-refractivity contribution in [1.29, 1.82) is 0 Å². The van der Waals surface area contributed by atoms with Crippen molar-refractivity contribution in [2.75, 3.05) is 0 Å². The first-order chi connectivity index (χ1) is 6.20. The molecule has 0 radical (unpaired) electrons. The van der Waals surface area contributed by atoms with Gasteiger partial charge in [-0.15, -0.1) is 0 Å². The molecule has 1 aromatic heterocycles. The maximum absolute atomic E-state index is 13.4. The normalized spacial score (nSPS) is 10.7. The van der Waals surface area contributed by atoms with Gasteiger partial charge in [0.25, 0.3) is 0 Å². The molecule has 0 amide bonds. The molecule has 1 aromatic carbocycles. The zero-order valence-corrected chi connectivity index (χ0v) is 8.60. The first-order valence-corrected chi connectivity index (χ1v) is 4.61. The highest BCUT2D eigenvalue weighted by Gasteiger charge is 2.08. The fraction of sp³-hybridized carbons (Fsp3) is 0. The van der Waals surface area contributed by atoms with Crippen LogP contribution in [0.25, 0.3) is 10.9 Å². The van der Waals surface area contributed by atoms with Crippen LogP contribution in [0, 0.1) is 5.82 Å². The van der Waals surface area contributed by atoms with Crippen molar-refractivity contribution in [2.45, 2.75) is 0 Å². The Morgan fingerprint density at radius 3 is 2.85 bits per heavy atom. The van der Waals surface area contributed by atoms with Gasteiger partial charge in [-0.05, 0) is 28.1 Å². The Balaban J connectivity index is 2.94. The minimum atomic E-state index is -0.415. The fourth-order valence-corrected chi connectivity index (χ4v) is 1.56. The second-order valence-electron chi connectivity index (χ2n) is 2.42. The number of benzene rings is 1. The van der Waals surface area contributed by atoms with Crippen LogP contribution in [-0.4, -0.2) is 9.97 Å². The second kappa shape index (κ2) is 3.20. The van der Waals surface area contributed by atoms with E-state index in [1.165, 1.54) is 6.33 Å². The molecule has 0 fully saturated rings. The molecule has 0 aliphatic carbocycles. The van der Waals surface area contributed by atoms with Crippen molar-refractivity contribution < 1.29 is 4.39 Å². The number of hydrogen-bond donors (Lipinski definition) is 0.